The van der Waals surface area contributed by atoms with Gasteiger partial charge in [-0.1, -0.05) is 23.4 Å². The van der Waals surface area contributed by atoms with E-state index in [1.807, 2.05) is 0 Å². The van der Waals surface area contributed by atoms with Crippen LogP contribution in [0.15, 0.2) is 58.1 Å². The monoisotopic (exact) mass is 525 g/mol. The smallest absolute Gasteiger partial charge is 0.490 e. The lowest BCUT2D eigenvalue weighted by Gasteiger charge is -2.15. The Hall–Kier alpha value is -3.29. The summed E-state index contributed by atoms with van der Waals surface area (Å²) in [4.78, 5) is 38.0. The molecule has 190 valence electrons. The molecule has 0 fully saturated rings. The molecule has 1 aromatic carbocycles. The third-order valence-corrected chi connectivity index (χ3v) is 5.27. The first-order chi connectivity index (χ1) is 16.3. The van der Waals surface area contributed by atoms with Gasteiger partial charge in [0, 0.05) is 15.7 Å². The van der Waals surface area contributed by atoms with Gasteiger partial charge in [0.25, 0.3) is 0 Å². The molecule has 7 nitrogen and oxygen atoms in total. The maximum absolute atomic E-state index is 12.2. The minimum Gasteiger partial charge on any atom is -0.490 e. The van der Waals surface area contributed by atoms with Gasteiger partial charge >= 0.3 is 24.3 Å². The number of nitrogens with zero attached hydrogens (tertiary/aromatic N) is 1. The molecule has 1 aromatic rings. The SMILES string of the molecule is C/C(=N\OC(=O)C(F)(F)F)C(=O)C1=CCC(Sc2ccc(OCCOC(=O)C(F)(F)F)cc2)C=C1. The van der Waals surface area contributed by atoms with Crippen LogP contribution in [0.1, 0.15) is 13.3 Å². The van der Waals surface area contributed by atoms with E-state index in [2.05, 4.69) is 14.7 Å². The largest absolute Gasteiger partial charge is 0.493 e. The quantitative estimate of drug-likeness (QED) is 0.117. The number of allylic oxidation sites excluding steroid dienone is 3. The summed E-state index contributed by atoms with van der Waals surface area (Å²) in [6, 6.07) is 6.55. The number of ether oxygens (including phenoxy) is 2. The second kappa shape index (κ2) is 11.9. The van der Waals surface area contributed by atoms with Crippen LogP contribution >= 0.6 is 11.8 Å². The molecule has 1 unspecified atom stereocenters. The fourth-order valence-electron chi connectivity index (χ4n) is 2.43. The molecule has 0 bridgehead atoms. The number of oxime groups is 1. The van der Waals surface area contributed by atoms with E-state index in [1.165, 1.54) is 17.8 Å². The normalized spacial score (nSPS) is 16.4. The number of rotatable bonds is 9. The van der Waals surface area contributed by atoms with Crippen LogP contribution in [0.25, 0.3) is 0 Å². The number of alkyl halides is 6. The third-order valence-electron chi connectivity index (χ3n) is 4.08. The highest BCUT2D eigenvalue weighted by Crippen LogP contribution is 2.31. The van der Waals surface area contributed by atoms with Crippen LogP contribution in [-0.2, 0) is 24.0 Å². The highest BCUT2D eigenvalue weighted by molar-refractivity contribution is 8.00. The number of halogens is 6. The maximum atomic E-state index is 12.2. The number of benzene rings is 1. The lowest BCUT2D eigenvalue weighted by Crippen LogP contribution is -2.27. The van der Waals surface area contributed by atoms with Crippen LogP contribution in [0.5, 0.6) is 5.75 Å². The topological polar surface area (TPSA) is 91.3 Å². The van der Waals surface area contributed by atoms with Gasteiger partial charge in [-0.25, -0.2) is 9.59 Å². The van der Waals surface area contributed by atoms with Crippen molar-refractivity contribution in [2.45, 2.75) is 35.8 Å². The number of thioether (sulfide) groups is 1. The predicted octanol–water partition coefficient (Wildman–Crippen LogP) is 4.57. The summed E-state index contributed by atoms with van der Waals surface area (Å²) in [7, 11) is 0. The minimum atomic E-state index is -5.23. The zero-order chi connectivity index (χ0) is 26.2. The summed E-state index contributed by atoms with van der Waals surface area (Å²) in [6.45, 7) is 0.287. The number of Topliss-reactive ketones (excluding diaryl/α,β-unsaturated/α-hetero) is 1. The van der Waals surface area contributed by atoms with E-state index in [0.29, 0.717) is 12.2 Å². The fraction of sp³-hybridized carbons (Fsp3) is 0.333. The Kier molecular flexibility index (Phi) is 9.51. The highest BCUT2D eigenvalue weighted by atomic mass is 32.2. The van der Waals surface area contributed by atoms with E-state index in [1.54, 1.807) is 36.4 Å². The van der Waals surface area contributed by atoms with Crippen molar-refractivity contribution in [2.24, 2.45) is 5.16 Å². The summed E-state index contributed by atoms with van der Waals surface area (Å²) in [6.07, 6.45) is -5.10. The molecule has 0 radical (unpaired) electrons. The second-order valence-corrected chi connectivity index (χ2v) is 8.06. The van der Waals surface area contributed by atoms with Crippen molar-refractivity contribution in [2.75, 3.05) is 13.2 Å². The Balaban J connectivity index is 1.80. The molecule has 35 heavy (non-hydrogen) atoms. The molecule has 1 aliphatic rings. The Morgan fingerprint density at radius 3 is 2.17 bits per heavy atom. The van der Waals surface area contributed by atoms with Crippen molar-refractivity contribution in [3.63, 3.8) is 0 Å². The molecule has 2 rings (SSSR count). The second-order valence-electron chi connectivity index (χ2n) is 6.75. The molecule has 0 N–H and O–H groups in total. The average Bonchev–Trinajstić information content (AvgIpc) is 2.79. The van der Waals surface area contributed by atoms with Crippen molar-refractivity contribution in [3.8, 4) is 5.75 Å². The van der Waals surface area contributed by atoms with E-state index < -0.39 is 42.4 Å². The lowest BCUT2D eigenvalue weighted by molar-refractivity contribution is -0.200. The highest BCUT2D eigenvalue weighted by Gasteiger charge is 2.42. The summed E-state index contributed by atoms with van der Waals surface area (Å²) in [5.74, 6) is -5.16. The molecule has 0 amide bonds. The van der Waals surface area contributed by atoms with Gasteiger partial charge in [-0.3, -0.25) is 4.79 Å². The van der Waals surface area contributed by atoms with E-state index in [-0.39, 0.29) is 17.4 Å². The summed E-state index contributed by atoms with van der Waals surface area (Å²) < 4.78 is 81.7. The Morgan fingerprint density at radius 1 is 1.00 bits per heavy atom. The molecule has 0 spiro atoms. The molecule has 0 saturated carbocycles. The maximum Gasteiger partial charge on any atom is 0.493 e. The standard InChI is InChI=1S/C21H17F6NO6S/c1-12(28-34-19(31)21(25,26)27)17(29)13-2-6-15(7-3-13)35-16-8-4-14(5-9-16)32-10-11-33-18(30)20(22,23)24/h2-6,8-9,15H,7,10-11H2,1H3/b28-12+. The minimum absolute atomic E-state index is 0.0691. The first kappa shape index (κ1) is 28.0. The first-order valence-corrected chi connectivity index (χ1v) is 10.5. The van der Waals surface area contributed by atoms with Crippen LogP contribution in [0.4, 0.5) is 26.3 Å². The van der Waals surface area contributed by atoms with Crippen LogP contribution in [0.3, 0.4) is 0 Å². The van der Waals surface area contributed by atoms with Crippen molar-refractivity contribution >= 4 is 35.2 Å². The number of carbonyl (C=O) groups excluding carboxylic acids is 3. The number of esters is 1. The van der Waals surface area contributed by atoms with Gasteiger partial charge in [-0.05, 0) is 37.6 Å². The lowest BCUT2D eigenvalue weighted by atomic mass is 10.0. The molecule has 1 atom stereocenters. The molecule has 0 aromatic heterocycles. The van der Waals surface area contributed by atoms with E-state index in [0.717, 1.165) is 11.8 Å². The molecule has 0 saturated heterocycles. The summed E-state index contributed by atoms with van der Waals surface area (Å²) in [5.41, 5.74) is -0.241. The van der Waals surface area contributed by atoms with Gasteiger partial charge in [-0.2, -0.15) is 26.3 Å². The first-order valence-electron chi connectivity index (χ1n) is 9.66. The number of ketones is 1. The van der Waals surface area contributed by atoms with Gasteiger partial charge in [0.2, 0.25) is 5.78 Å². The molecule has 0 heterocycles. The summed E-state index contributed by atoms with van der Waals surface area (Å²) in [5, 5.41) is 2.87. The van der Waals surface area contributed by atoms with Gasteiger partial charge in [0.15, 0.2) is 0 Å². The van der Waals surface area contributed by atoms with Gasteiger partial charge in [0.05, 0.1) is 0 Å². The number of carbonyl (C=O) groups is 3. The zero-order valence-corrected chi connectivity index (χ0v) is 18.6. The molecule has 14 heteroatoms. The zero-order valence-electron chi connectivity index (χ0n) is 17.8. The number of hydrogen-bond acceptors (Lipinski definition) is 8. The number of hydrogen-bond donors (Lipinski definition) is 0. The predicted molar refractivity (Wildman–Crippen MR) is 111 cm³/mol. The summed E-state index contributed by atoms with van der Waals surface area (Å²) >= 11 is 1.43. The van der Waals surface area contributed by atoms with Crippen LogP contribution in [0, 0.1) is 0 Å². The fourth-order valence-corrected chi connectivity index (χ4v) is 3.43. The van der Waals surface area contributed by atoms with Gasteiger partial charge in [-0.15, -0.1) is 11.8 Å². The van der Waals surface area contributed by atoms with Crippen LogP contribution in [0.2, 0.25) is 0 Å². The van der Waals surface area contributed by atoms with E-state index >= 15 is 0 Å². The van der Waals surface area contributed by atoms with Crippen LogP contribution in [-0.4, -0.2) is 54.2 Å². The van der Waals surface area contributed by atoms with E-state index in [9.17, 15) is 40.7 Å². The molecule has 1 aliphatic carbocycles. The van der Waals surface area contributed by atoms with Crippen molar-refractivity contribution in [3.05, 3.63) is 48.1 Å². The van der Waals surface area contributed by atoms with Gasteiger partial charge in [0.1, 0.15) is 24.7 Å². The average molecular weight is 525 g/mol. The van der Waals surface area contributed by atoms with Crippen molar-refractivity contribution in [1.29, 1.82) is 0 Å². The van der Waals surface area contributed by atoms with Crippen molar-refractivity contribution < 1.29 is 55.0 Å². The van der Waals surface area contributed by atoms with Gasteiger partial charge < -0.3 is 14.3 Å². The molecular weight excluding hydrogens is 508 g/mol. The van der Waals surface area contributed by atoms with Crippen LogP contribution < -0.4 is 4.74 Å². The Labute approximate surface area is 198 Å². The third kappa shape index (κ3) is 9.11. The van der Waals surface area contributed by atoms with Crippen molar-refractivity contribution in [1.82, 2.24) is 0 Å². The Bertz CT molecular complexity index is 1030. The molecular formula is C21H17F6NO6S. The van der Waals surface area contributed by atoms with E-state index in [4.69, 9.17) is 4.74 Å². The molecule has 0 aliphatic heterocycles. The Morgan fingerprint density at radius 2 is 1.63 bits per heavy atom.